The number of hydrogen-bond acceptors (Lipinski definition) is 4. The van der Waals surface area contributed by atoms with E-state index in [1.54, 1.807) is 4.90 Å². The third-order valence-corrected chi connectivity index (χ3v) is 3.78. The Balaban J connectivity index is 2.52. The smallest absolute Gasteiger partial charge is 0.238 e. The van der Waals surface area contributed by atoms with Crippen LogP contribution in [0.5, 0.6) is 0 Å². The van der Waals surface area contributed by atoms with Gasteiger partial charge in [0, 0.05) is 20.1 Å². The lowest BCUT2D eigenvalue weighted by Gasteiger charge is -2.32. The summed E-state index contributed by atoms with van der Waals surface area (Å²) in [6.07, 6.45) is 1.10. The van der Waals surface area contributed by atoms with Crippen LogP contribution in [0.25, 0.3) is 0 Å². The van der Waals surface area contributed by atoms with Crippen molar-refractivity contribution in [1.82, 2.24) is 9.21 Å². The van der Waals surface area contributed by atoms with Gasteiger partial charge >= 0.3 is 0 Å². The zero-order valence-electron chi connectivity index (χ0n) is 9.84. The first-order chi connectivity index (χ1) is 7.30. The molecule has 0 aromatic rings. The number of amides is 1. The molecular formula is C9H18N2O4S. The molecule has 1 aliphatic rings. The summed E-state index contributed by atoms with van der Waals surface area (Å²) in [7, 11) is -1.90. The van der Waals surface area contributed by atoms with Crippen molar-refractivity contribution >= 4 is 15.9 Å². The lowest BCUT2D eigenvalue weighted by atomic mass is 10.3. The van der Waals surface area contributed by atoms with Gasteiger partial charge in [0.25, 0.3) is 0 Å². The average Bonchev–Trinajstić information content (AvgIpc) is 2.16. The molecule has 0 spiro atoms. The largest absolute Gasteiger partial charge is 0.375 e. The van der Waals surface area contributed by atoms with Crippen LogP contribution in [0.1, 0.15) is 6.92 Å². The second kappa shape index (κ2) is 5.11. The molecule has 1 heterocycles. The molecule has 1 amide bonds. The molecule has 0 radical (unpaired) electrons. The molecule has 0 aromatic carbocycles. The first-order valence-corrected chi connectivity index (χ1v) is 6.96. The first kappa shape index (κ1) is 13.4. The van der Waals surface area contributed by atoms with Crippen LogP contribution >= 0.6 is 0 Å². The Labute approximate surface area is 96.2 Å². The maximum Gasteiger partial charge on any atom is 0.238 e. The fraction of sp³-hybridized carbons (Fsp3) is 0.889. The summed E-state index contributed by atoms with van der Waals surface area (Å²) >= 11 is 0. The van der Waals surface area contributed by atoms with E-state index in [1.807, 2.05) is 6.92 Å². The highest BCUT2D eigenvalue weighted by Gasteiger charge is 2.24. The van der Waals surface area contributed by atoms with Crippen molar-refractivity contribution in [3.8, 4) is 0 Å². The van der Waals surface area contributed by atoms with Crippen LogP contribution in [-0.2, 0) is 19.6 Å². The molecule has 16 heavy (non-hydrogen) atoms. The highest BCUT2D eigenvalue weighted by molar-refractivity contribution is 7.88. The normalized spacial score (nSPS) is 22.5. The van der Waals surface area contributed by atoms with Crippen molar-refractivity contribution in [1.29, 1.82) is 0 Å². The van der Waals surface area contributed by atoms with Gasteiger partial charge in [-0.05, 0) is 6.92 Å². The fourth-order valence-electron chi connectivity index (χ4n) is 1.45. The van der Waals surface area contributed by atoms with Crippen LogP contribution in [-0.4, -0.2) is 69.2 Å². The Kier molecular flexibility index (Phi) is 4.28. The van der Waals surface area contributed by atoms with Crippen LogP contribution in [0.15, 0.2) is 0 Å². The van der Waals surface area contributed by atoms with Crippen LogP contribution in [0.2, 0.25) is 0 Å². The van der Waals surface area contributed by atoms with E-state index >= 15 is 0 Å². The van der Waals surface area contributed by atoms with E-state index in [2.05, 4.69) is 0 Å². The van der Waals surface area contributed by atoms with Crippen molar-refractivity contribution in [2.45, 2.75) is 13.0 Å². The number of carbonyl (C=O) groups excluding carboxylic acids is 1. The minimum Gasteiger partial charge on any atom is -0.375 e. The summed E-state index contributed by atoms with van der Waals surface area (Å²) < 4.78 is 28.6. The predicted octanol–water partition coefficient (Wildman–Crippen LogP) is -0.875. The van der Waals surface area contributed by atoms with Gasteiger partial charge in [0.15, 0.2) is 0 Å². The molecule has 0 N–H and O–H groups in total. The minimum atomic E-state index is -3.30. The molecule has 1 fully saturated rings. The lowest BCUT2D eigenvalue weighted by Crippen LogP contribution is -2.48. The van der Waals surface area contributed by atoms with E-state index in [-0.39, 0.29) is 18.6 Å². The summed E-state index contributed by atoms with van der Waals surface area (Å²) in [5.41, 5.74) is 0. The zero-order chi connectivity index (χ0) is 12.3. The number of hydrogen-bond donors (Lipinski definition) is 0. The standard InChI is InChI=1S/C9H18N2O4S/c1-8-6-11(4-5-15-8)9(12)7-10(2)16(3,13)14/h8H,4-7H2,1-3H3. The van der Waals surface area contributed by atoms with E-state index in [4.69, 9.17) is 4.74 Å². The van der Waals surface area contributed by atoms with Crippen molar-refractivity contribution < 1.29 is 17.9 Å². The van der Waals surface area contributed by atoms with Gasteiger partial charge in [-0.3, -0.25) is 4.79 Å². The average molecular weight is 250 g/mol. The van der Waals surface area contributed by atoms with E-state index in [0.29, 0.717) is 19.7 Å². The molecule has 0 saturated carbocycles. The van der Waals surface area contributed by atoms with E-state index in [0.717, 1.165) is 10.6 Å². The van der Waals surface area contributed by atoms with Crippen LogP contribution in [0.4, 0.5) is 0 Å². The minimum absolute atomic E-state index is 0.0150. The number of likely N-dealkylation sites (N-methyl/N-ethyl adjacent to an activating group) is 1. The highest BCUT2D eigenvalue weighted by Crippen LogP contribution is 2.05. The lowest BCUT2D eigenvalue weighted by molar-refractivity contribution is -0.138. The third-order valence-electron chi connectivity index (χ3n) is 2.52. The molecule has 0 bridgehead atoms. The molecule has 0 aromatic heterocycles. The van der Waals surface area contributed by atoms with E-state index in [1.165, 1.54) is 7.05 Å². The molecule has 1 atom stereocenters. The molecule has 1 saturated heterocycles. The van der Waals surface area contributed by atoms with Gasteiger partial charge in [-0.2, -0.15) is 4.31 Å². The van der Waals surface area contributed by atoms with Crippen LogP contribution in [0, 0.1) is 0 Å². The maximum absolute atomic E-state index is 11.8. The summed E-state index contributed by atoms with van der Waals surface area (Å²) in [5.74, 6) is -0.178. The third kappa shape index (κ3) is 3.73. The maximum atomic E-state index is 11.8. The molecule has 1 unspecified atom stereocenters. The van der Waals surface area contributed by atoms with E-state index < -0.39 is 10.0 Å². The fourth-order valence-corrected chi connectivity index (χ4v) is 1.80. The van der Waals surface area contributed by atoms with Crippen LogP contribution < -0.4 is 0 Å². The van der Waals surface area contributed by atoms with Crippen molar-refractivity contribution in [2.24, 2.45) is 0 Å². The second-order valence-electron chi connectivity index (χ2n) is 4.04. The Bertz CT molecular complexity index is 355. The molecule has 94 valence electrons. The van der Waals surface area contributed by atoms with Gasteiger partial charge in [0.1, 0.15) is 0 Å². The van der Waals surface area contributed by atoms with Gasteiger partial charge in [0.05, 0.1) is 25.5 Å². The summed E-state index contributed by atoms with van der Waals surface area (Å²) in [6, 6.07) is 0. The topological polar surface area (TPSA) is 66.9 Å². The number of ether oxygens (including phenoxy) is 1. The Morgan fingerprint density at radius 1 is 1.56 bits per heavy atom. The Morgan fingerprint density at radius 2 is 2.19 bits per heavy atom. The quantitative estimate of drug-likeness (QED) is 0.653. The SMILES string of the molecule is CC1CN(C(=O)CN(C)S(C)(=O)=O)CCO1. The highest BCUT2D eigenvalue weighted by atomic mass is 32.2. The summed E-state index contributed by atoms with van der Waals surface area (Å²) in [6.45, 7) is 3.35. The van der Waals surface area contributed by atoms with Crippen molar-refractivity contribution in [3.63, 3.8) is 0 Å². The van der Waals surface area contributed by atoms with Crippen LogP contribution in [0.3, 0.4) is 0 Å². The number of sulfonamides is 1. The van der Waals surface area contributed by atoms with E-state index in [9.17, 15) is 13.2 Å². The molecule has 1 rings (SSSR count). The first-order valence-electron chi connectivity index (χ1n) is 5.11. The van der Waals surface area contributed by atoms with Gasteiger partial charge in [-0.15, -0.1) is 0 Å². The molecule has 7 heteroatoms. The number of nitrogens with zero attached hydrogens (tertiary/aromatic N) is 2. The van der Waals surface area contributed by atoms with Gasteiger partial charge in [0.2, 0.25) is 15.9 Å². The molecule has 6 nitrogen and oxygen atoms in total. The predicted molar refractivity (Wildman–Crippen MR) is 59.5 cm³/mol. The van der Waals surface area contributed by atoms with Gasteiger partial charge in [-0.1, -0.05) is 0 Å². The summed E-state index contributed by atoms with van der Waals surface area (Å²) in [4.78, 5) is 13.4. The number of morpholine rings is 1. The second-order valence-corrected chi connectivity index (χ2v) is 6.13. The summed E-state index contributed by atoms with van der Waals surface area (Å²) in [5, 5.41) is 0. The molecule has 0 aliphatic carbocycles. The van der Waals surface area contributed by atoms with Crippen molar-refractivity contribution in [3.05, 3.63) is 0 Å². The Hall–Kier alpha value is -0.660. The Morgan fingerprint density at radius 3 is 2.69 bits per heavy atom. The van der Waals surface area contributed by atoms with Gasteiger partial charge in [-0.25, -0.2) is 8.42 Å². The number of rotatable bonds is 3. The number of carbonyl (C=O) groups is 1. The molecular weight excluding hydrogens is 232 g/mol. The zero-order valence-corrected chi connectivity index (χ0v) is 10.7. The van der Waals surface area contributed by atoms with Gasteiger partial charge < -0.3 is 9.64 Å². The monoisotopic (exact) mass is 250 g/mol. The van der Waals surface area contributed by atoms with Crippen molar-refractivity contribution in [2.75, 3.05) is 39.5 Å². The molecule has 1 aliphatic heterocycles.